The average molecular weight is 540 g/mol. The zero-order valence-corrected chi connectivity index (χ0v) is 23.1. The first-order chi connectivity index (χ1) is 19.4. The van der Waals surface area contributed by atoms with E-state index in [2.05, 4.69) is 16.7 Å². The molecule has 2 aromatic heterocycles. The maximum Gasteiger partial charge on any atom is 0.341 e. The Kier molecular flexibility index (Phi) is 6.70. The van der Waals surface area contributed by atoms with Crippen molar-refractivity contribution in [2.24, 2.45) is 7.05 Å². The molecule has 0 saturated heterocycles. The zero-order chi connectivity index (χ0) is 28.0. The van der Waals surface area contributed by atoms with Crippen LogP contribution in [-0.4, -0.2) is 45.1 Å². The van der Waals surface area contributed by atoms with E-state index >= 15 is 0 Å². The highest BCUT2D eigenvalue weighted by Gasteiger charge is 2.31. The first-order valence-electron chi connectivity index (χ1n) is 13.9. The monoisotopic (exact) mass is 539 g/mol. The number of benzene rings is 2. The van der Waals surface area contributed by atoms with E-state index in [-0.39, 0.29) is 12.2 Å². The third-order valence-corrected chi connectivity index (χ3v) is 8.16. The number of rotatable bonds is 6. The summed E-state index contributed by atoms with van der Waals surface area (Å²) >= 11 is 0. The lowest BCUT2D eigenvalue weighted by Crippen LogP contribution is -2.09. The Balaban J connectivity index is 1.66. The number of carbonyl (C=O) groups excluding carboxylic acids is 1. The van der Waals surface area contributed by atoms with Gasteiger partial charge in [0.15, 0.2) is 0 Å². The van der Waals surface area contributed by atoms with E-state index in [0.29, 0.717) is 23.7 Å². The fourth-order valence-electron chi connectivity index (χ4n) is 6.40. The quantitative estimate of drug-likeness (QED) is 0.280. The number of carboxylic acids is 1. The smallest absolute Gasteiger partial charge is 0.341 e. The van der Waals surface area contributed by atoms with Crippen LogP contribution >= 0.6 is 0 Å². The number of hydrogen-bond donors (Lipinski definition) is 1. The fraction of sp³-hybridized carbons (Fsp3) is 0.344. The number of aromatic nitrogens is 3. The van der Waals surface area contributed by atoms with Gasteiger partial charge in [0.25, 0.3) is 0 Å². The van der Waals surface area contributed by atoms with Gasteiger partial charge in [-0.1, -0.05) is 25.3 Å². The Morgan fingerprint density at radius 2 is 1.90 bits per heavy atom. The number of fused-ring (bicyclic) bond motifs is 5. The largest absolute Gasteiger partial charge is 0.497 e. The van der Waals surface area contributed by atoms with Gasteiger partial charge in [-0.3, -0.25) is 4.68 Å². The minimum absolute atomic E-state index is 0.248. The number of methoxy groups -OCH3 is 1. The van der Waals surface area contributed by atoms with Crippen LogP contribution in [0, 0.1) is 0 Å². The second kappa shape index (κ2) is 10.3. The summed E-state index contributed by atoms with van der Waals surface area (Å²) in [5.74, 6) is -0.265. The molecule has 2 aliphatic rings. The number of carbonyl (C=O) groups is 2. The summed E-state index contributed by atoms with van der Waals surface area (Å²) < 4.78 is 14.8. The number of aromatic carboxylic acids is 1. The van der Waals surface area contributed by atoms with Crippen molar-refractivity contribution < 1.29 is 24.2 Å². The maximum atomic E-state index is 12.9. The van der Waals surface area contributed by atoms with Crippen molar-refractivity contribution in [2.75, 3.05) is 13.7 Å². The van der Waals surface area contributed by atoms with Crippen molar-refractivity contribution in [1.82, 2.24) is 14.3 Å². The van der Waals surface area contributed by atoms with Gasteiger partial charge in [-0.2, -0.15) is 5.10 Å². The van der Waals surface area contributed by atoms with E-state index in [1.807, 2.05) is 18.2 Å². The van der Waals surface area contributed by atoms with Crippen LogP contribution in [0.1, 0.15) is 82.5 Å². The molecule has 3 heterocycles. The minimum atomic E-state index is -0.958. The molecule has 40 heavy (non-hydrogen) atoms. The van der Waals surface area contributed by atoms with Crippen LogP contribution in [0.4, 0.5) is 0 Å². The lowest BCUT2D eigenvalue weighted by Gasteiger charge is -2.24. The van der Waals surface area contributed by atoms with Gasteiger partial charge in [0.2, 0.25) is 0 Å². The Bertz CT molecular complexity index is 1670. The topological polar surface area (TPSA) is 95.6 Å². The summed E-state index contributed by atoms with van der Waals surface area (Å²) in [7, 11) is 3.44. The highest BCUT2D eigenvalue weighted by Crippen LogP contribution is 2.47. The van der Waals surface area contributed by atoms with Gasteiger partial charge in [-0.05, 0) is 73.2 Å². The molecular weight excluding hydrogens is 506 g/mol. The van der Waals surface area contributed by atoms with Crippen LogP contribution in [0.5, 0.6) is 5.75 Å². The summed E-state index contributed by atoms with van der Waals surface area (Å²) in [4.78, 5) is 25.0. The van der Waals surface area contributed by atoms with E-state index in [4.69, 9.17) is 14.6 Å². The standard InChI is InChI=1S/C32H33N3O5/c1-4-40-32(38)26-18-34(2)33-29(26)22-14-21-15-23(39-3)11-13-24(21)30-28(19-8-6-5-7-9-19)25-12-10-20(31(36)37)16-27(25)35(30)17-22/h10-16,18-19H,4-9,17H2,1-3H3,(H,36,37). The average Bonchev–Trinajstić information content (AvgIpc) is 3.45. The molecule has 1 aliphatic heterocycles. The predicted octanol–water partition coefficient (Wildman–Crippen LogP) is 6.53. The molecule has 6 rings (SSSR count). The molecule has 8 heteroatoms. The van der Waals surface area contributed by atoms with Gasteiger partial charge >= 0.3 is 11.9 Å². The Morgan fingerprint density at radius 3 is 2.62 bits per heavy atom. The summed E-state index contributed by atoms with van der Waals surface area (Å²) in [6.07, 6.45) is 9.57. The molecule has 0 amide bonds. The van der Waals surface area contributed by atoms with Gasteiger partial charge in [-0.15, -0.1) is 0 Å². The summed E-state index contributed by atoms with van der Waals surface area (Å²) in [6, 6.07) is 11.5. The summed E-state index contributed by atoms with van der Waals surface area (Å²) in [5, 5.41) is 15.6. The third-order valence-electron chi connectivity index (χ3n) is 8.16. The molecule has 0 bridgehead atoms. The van der Waals surface area contributed by atoms with Gasteiger partial charge < -0.3 is 19.1 Å². The second-order valence-electron chi connectivity index (χ2n) is 10.6. The molecule has 1 aliphatic carbocycles. The Morgan fingerprint density at radius 1 is 1.10 bits per heavy atom. The van der Waals surface area contributed by atoms with Crippen molar-refractivity contribution in [1.29, 1.82) is 0 Å². The number of allylic oxidation sites excluding steroid dienone is 1. The molecule has 1 saturated carbocycles. The Hall–Kier alpha value is -4.33. The van der Waals surface area contributed by atoms with Gasteiger partial charge in [-0.25, -0.2) is 9.59 Å². The van der Waals surface area contributed by atoms with E-state index in [1.165, 1.54) is 24.8 Å². The van der Waals surface area contributed by atoms with Gasteiger partial charge in [0.1, 0.15) is 17.0 Å². The molecule has 4 aromatic rings. The predicted molar refractivity (Wildman–Crippen MR) is 154 cm³/mol. The van der Waals surface area contributed by atoms with E-state index in [0.717, 1.165) is 51.9 Å². The van der Waals surface area contributed by atoms with Crippen LogP contribution in [0.3, 0.4) is 0 Å². The van der Waals surface area contributed by atoms with Crippen molar-refractivity contribution in [3.8, 4) is 17.0 Å². The Labute approximate surface area is 232 Å². The van der Waals surface area contributed by atoms with E-state index in [1.54, 1.807) is 44.1 Å². The SMILES string of the molecule is CCOC(=O)c1cn(C)nc1C1=Cc2cc(OC)ccc2-c2c(C3CCCCC3)c3ccc(C(=O)O)cc3n2C1. The zero-order valence-electron chi connectivity index (χ0n) is 23.1. The van der Waals surface area contributed by atoms with Gasteiger partial charge in [0.05, 0.1) is 31.5 Å². The van der Waals surface area contributed by atoms with Crippen LogP contribution in [-0.2, 0) is 18.3 Å². The lowest BCUT2D eigenvalue weighted by molar-refractivity contribution is 0.0525. The minimum Gasteiger partial charge on any atom is -0.497 e. The number of nitrogens with zero attached hydrogens (tertiary/aromatic N) is 3. The molecule has 1 fully saturated rings. The molecule has 0 unspecified atom stereocenters. The normalized spacial score (nSPS) is 15.2. The third kappa shape index (κ3) is 4.37. The molecule has 206 valence electrons. The lowest BCUT2D eigenvalue weighted by atomic mass is 9.81. The summed E-state index contributed by atoms with van der Waals surface area (Å²) in [6.45, 7) is 2.47. The molecule has 0 radical (unpaired) electrons. The first-order valence-corrected chi connectivity index (χ1v) is 13.9. The van der Waals surface area contributed by atoms with Crippen LogP contribution < -0.4 is 4.74 Å². The van der Waals surface area contributed by atoms with Crippen LogP contribution in [0.25, 0.3) is 33.8 Å². The fourth-order valence-corrected chi connectivity index (χ4v) is 6.40. The number of ether oxygens (including phenoxy) is 2. The maximum absolute atomic E-state index is 12.9. The van der Waals surface area contributed by atoms with Gasteiger partial charge in [0, 0.05) is 35.3 Å². The highest BCUT2D eigenvalue weighted by molar-refractivity contribution is 6.03. The van der Waals surface area contributed by atoms with Crippen LogP contribution in [0.2, 0.25) is 0 Å². The van der Waals surface area contributed by atoms with Crippen molar-refractivity contribution in [3.05, 3.63) is 70.5 Å². The number of carboxylic acid groups (broad SMARTS) is 1. The molecule has 1 N–H and O–H groups in total. The molecular formula is C32H33N3O5. The molecule has 2 aromatic carbocycles. The second-order valence-corrected chi connectivity index (χ2v) is 10.6. The van der Waals surface area contributed by atoms with Crippen LogP contribution in [0.15, 0.2) is 42.6 Å². The van der Waals surface area contributed by atoms with E-state index < -0.39 is 11.9 Å². The van der Waals surface area contributed by atoms with E-state index in [9.17, 15) is 14.7 Å². The van der Waals surface area contributed by atoms with Crippen molar-refractivity contribution in [3.63, 3.8) is 0 Å². The number of aryl methyl sites for hydroxylation is 1. The molecule has 0 spiro atoms. The number of esters is 1. The van der Waals surface area contributed by atoms with Crippen molar-refractivity contribution in [2.45, 2.75) is 51.5 Å². The highest BCUT2D eigenvalue weighted by atomic mass is 16.5. The van der Waals surface area contributed by atoms with Crippen molar-refractivity contribution >= 4 is 34.5 Å². The summed E-state index contributed by atoms with van der Waals surface area (Å²) in [5.41, 5.74) is 7.31. The molecule has 0 atom stereocenters. The number of hydrogen-bond acceptors (Lipinski definition) is 5. The molecule has 8 nitrogen and oxygen atoms in total. The first kappa shape index (κ1) is 25.9.